The van der Waals surface area contributed by atoms with E-state index in [-0.39, 0.29) is 26.4 Å². The van der Waals surface area contributed by atoms with Crippen molar-refractivity contribution in [3.05, 3.63) is 66.7 Å². The van der Waals surface area contributed by atoms with E-state index in [1.807, 2.05) is 30.3 Å². The molecule has 0 aliphatic heterocycles. The van der Waals surface area contributed by atoms with E-state index in [0.29, 0.717) is 51.6 Å². The standard InChI is InChI=1S/C33H23N3O4/c1-5-18-37-25-14-16-27(29(22-25)39-20-7-3)32-34-31(24-12-10-9-11-13-24)35-33(36-32)28-17-15-26(38-19-6-2)23-30(28)40-21-8-4/h1-4,9-17,22-23H,18-21H2. The normalized spacial score (nSPS) is 9.80. The van der Waals surface area contributed by atoms with E-state index in [4.69, 9.17) is 59.6 Å². The summed E-state index contributed by atoms with van der Waals surface area (Å²) in [6.07, 6.45) is 21.6. The van der Waals surface area contributed by atoms with E-state index in [1.165, 1.54) is 0 Å². The largest absolute Gasteiger partial charge is 0.481 e. The third-order valence-corrected chi connectivity index (χ3v) is 5.32. The van der Waals surface area contributed by atoms with Gasteiger partial charge in [-0.3, -0.25) is 0 Å². The molecule has 0 fully saturated rings. The molecule has 194 valence electrons. The molecule has 0 saturated carbocycles. The predicted octanol–water partition coefficient (Wildman–Crippen LogP) is 4.92. The summed E-state index contributed by atoms with van der Waals surface area (Å²) in [6, 6.07) is 19.9. The van der Waals surface area contributed by atoms with Gasteiger partial charge in [0.1, 0.15) is 49.4 Å². The highest BCUT2D eigenvalue weighted by Gasteiger charge is 2.19. The fourth-order valence-electron chi connectivity index (χ4n) is 3.62. The first-order chi connectivity index (χ1) is 19.7. The summed E-state index contributed by atoms with van der Waals surface area (Å²) < 4.78 is 22.8. The van der Waals surface area contributed by atoms with Crippen molar-refractivity contribution in [3.63, 3.8) is 0 Å². The molecule has 0 atom stereocenters. The number of hydrogen-bond donors (Lipinski definition) is 0. The second-order valence-electron chi connectivity index (χ2n) is 7.96. The summed E-state index contributed by atoms with van der Waals surface area (Å²) in [6.45, 7) is 0.253. The van der Waals surface area contributed by atoms with Gasteiger partial charge in [-0.25, -0.2) is 15.0 Å². The van der Waals surface area contributed by atoms with Gasteiger partial charge in [-0.05, 0) is 24.3 Å². The summed E-state index contributed by atoms with van der Waals surface area (Å²) >= 11 is 0. The Morgan fingerprint density at radius 2 is 0.925 bits per heavy atom. The molecule has 0 N–H and O–H groups in total. The molecule has 0 radical (unpaired) electrons. The Bertz CT molecular complexity index is 1550. The smallest absolute Gasteiger partial charge is 0.167 e. The van der Waals surface area contributed by atoms with Gasteiger partial charge in [0.05, 0.1) is 11.1 Å². The van der Waals surface area contributed by atoms with Gasteiger partial charge in [0, 0.05) is 17.7 Å². The third-order valence-electron chi connectivity index (χ3n) is 5.32. The quantitative estimate of drug-likeness (QED) is 0.257. The summed E-state index contributed by atoms with van der Waals surface area (Å²) in [5.74, 6) is 12.8. The minimum absolute atomic E-state index is 0.0261. The molecule has 4 aromatic rings. The highest BCUT2D eigenvalue weighted by atomic mass is 16.5. The first kappa shape index (κ1) is 27.2. The average Bonchev–Trinajstić information content (AvgIpc) is 3.01. The molecular weight excluding hydrogens is 502 g/mol. The fraction of sp³-hybridized carbons (Fsp3) is 0.121. The minimum atomic E-state index is 0.0261. The molecule has 1 aromatic heterocycles. The SMILES string of the molecule is C#CCOc1ccc(-c2nc(-c3ccccc3)nc(-c3ccc(OCC#C)cc3OCC#C)n2)c(OCC#C)c1. The van der Waals surface area contributed by atoms with E-state index >= 15 is 0 Å². The van der Waals surface area contributed by atoms with Crippen LogP contribution in [0, 0.1) is 49.4 Å². The summed E-state index contributed by atoms with van der Waals surface area (Å²) in [4.78, 5) is 14.3. The van der Waals surface area contributed by atoms with Crippen LogP contribution in [0.4, 0.5) is 0 Å². The van der Waals surface area contributed by atoms with Crippen LogP contribution >= 0.6 is 0 Å². The Balaban J connectivity index is 1.90. The van der Waals surface area contributed by atoms with Crippen LogP contribution in [-0.2, 0) is 0 Å². The zero-order valence-electron chi connectivity index (χ0n) is 21.5. The third kappa shape index (κ3) is 6.70. The lowest BCUT2D eigenvalue weighted by Crippen LogP contribution is -2.05. The van der Waals surface area contributed by atoms with Gasteiger partial charge in [0.15, 0.2) is 17.5 Å². The zero-order valence-corrected chi connectivity index (χ0v) is 21.5. The lowest BCUT2D eigenvalue weighted by Gasteiger charge is -2.15. The van der Waals surface area contributed by atoms with Gasteiger partial charge in [-0.1, -0.05) is 54.0 Å². The molecule has 0 bridgehead atoms. The molecular formula is C33H23N3O4. The number of ether oxygens (including phenoxy) is 4. The molecule has 0 aliphatic carbocycles. The van der Waals surface area contributed by atoms with Crippen LogP contribution < -0.4 is 18.9 Å². The van der Waals surface area contributed by atoms with Gasteiger partial charge in [0.2, 0.25) is 0 Å². The van der Waals surface area contributed by atoms with E-state index in [9.17, 15) is 0 Å². The Labute approximate surface area is 233 Å². The van der Waals surface area contributed by atoms with E-state index < -0.39 is 0 Å². The van der Waals surface area contributed by atoms with Crippen molar-refractivity contribution >= 4 is 0 Å². The molecule has 4 rings (SSSR count). The maximum atomic E-state index is 5.83. The summed E-state index contributed by atoms with van der Waals surface area (Å²) in [5, 5.41) is 0. The van der Waals surface area contributed by atoms with Gasteiger partial charge in [-0.15, -0.1) is 25.7 Å². The molecule has 1 heterocycles. The Morgan fingerprint density at radius 1 is 0.500 bits per heavy atom. The highest BCUT2D eigenvalue weighted by molar-refractivity contribution is 5.73. The van der Waals surface area contributed by atoms with Crippen LogP contribution in [0.3, 0.4) is 0 Å². The number of aromatic nitrogens is 3. The molecule has 7 heteroatoms. The van der Waals surface area contributed by atoms with Gasteiger partial charge in [0.25, 0.3) is 0 Å². The number of rotatable bonds is 11. The summed E-state index contributed by atoms with van der Waals surface area (Å²) in [5.41, 5.74) is 1.93. The molecule has 0 spiro atoms. The first-order valence-corrected chi connectivity index (χ1v) is 12.0. The van der Waals surface area contributed by atoms with Gasteiger partial charge < -0.3 is 18.9 Å². The zero-order chi connectivity index (χ0) is 28.2. The second-order valence-corrected chi connectivity index (χ2v) is 7.96. The van der Waals surface area contributed by atoms with Crippen LogP contribution in [0.2, 0.25) is 0 Å². The Kier molecular flexibility index (Phi) is 9.23. The van der Waals surface area contributed by atoms with Crippen molar-refractivity contribution < 1.29 is 18.9 Å². The van der Waals surface area contributed by atoms with Crippen molar-refractivity contribution in [3.8, 4) is 107 Å². The maximum Gasteiger partial charge on any atom is 0.167 e. The minimum Gasteiger partial charge on any atom is -0.481 e. The van der Waals surface area contributed by atoms with Crippen molar-refractivity contribution in [1.82, 2.24) is 15.0 Å². The number of terminal acetylenes is 4. The van der Waals surface area contributed by atoms with Crippen LogP contribution in [0.1, 0.15) is 0 Å². The Hall–Kier alpha value is -5.89. The molecule has 0 amide bonds. The first-order valence-electron chi connectivity index (χ1n) is 12.0. The molecule has 0 unspecified atom stereocenters. The molecule has 0 saturated heterocycles. The topological polar surface area (TPSA) is 75.6 Å². The van der Waals surface area contributed by atoms with Crippen LogP contribution in [-0.4, -0.2) is 41.4 Å². The average molecular weight is 526 g/mol. The van der Waals surface area contributed by atoms with Gasteiger partial charge in [-0.2, -0.15) is 0 Å². The van der Waals surface area contributed by atoms with E-state index in [2.05, 4.69) is 23.7 Å². The molecule has 40 heavy (non-hydrogen) atoms. The lowest BCUT2D eigenvalue weighted by molar-refractivity contribution is 0.352. The fourth-order valence-corrected chi connectivity index (χ4v) is 3.62. The molecule has 3 aromatic carbocycles. The molecule has 0 aliphatic rings. The number of benzene rings is 3. The number of nitrogens with zero attached hydrogens (tertiary/aromatic N) is 3. The summed E-state index contributed by atoms with van der Waals surface area (Å²) in [7, 11) is 0. The van der Waals surface area contributed by atoms with Crippen molar-refractivity contribution in [2.24, 2.45) is 0 Å². The van der Waals surface area contributed by atoms with E-state index in [1.54, 1.807) is 36.4 Å². The van der Waals surface area contributed by atoms with Crippen molar-refractivity contribution in [2.45, 2.75) is 0 Å². The van der Waals surface area contributed by atoms with Crippen molar-refractivity contribution in [2.75, 3.05) is 26.4 Å². The maximum absolute atomic E-state index is 5.83. The van der Waals surface area contributed by atoms with Crippen molar-refractivity contribution in [1.29, 1.82) is 0 Å². The van der Waals surface area contributed by atoms with E-state index in [0.717, 1.165) is 5.56 Å². The second kappa shape index (κ2) is 13.6. The predicted molar refractivity (Wildman–Crippen MR) is 153 cm³/mol. The lowest BCUT2D eigenvalue weighted by atomic mass is 10.1. The van der Waals surface area contributed by atoms with Crippen LogP contribution in [0.15, 0.2) is 66.7 Å². The monoisotopic (exact) mass is 525 g/mol. The van der Waals surface area contributed by atoms with Crippen LogP contribution in [0.5, 0.6) is 23.0 Å². The molecule has 7 nitrogen and oxygen atoms in total. The van der Waals surface area contributed by atoms with Gasteiger partial charge >= 0.3 is 0 Å². The number of hydrogen-bond acceptors (Lipinski definition) is 7. The Morgan fingerprint density at radius 3 is 1.38 bits per heavy atom. The van der Waals surface area contributed by atoms with Crippen LogP contribution in [0.25, 0.3) is 34.2 Å². The highest BCUT2D eigenvalue weighted by Crippen LogP contribution is 2.36.